The van der Waals surface area contributed by atoms with Gasteiger partial charge in [0.25, 0.3) is 5.91 Å². The van der Waals surface area contributed by atoms with Crippen molar-refractivity contribution < 1.29 is 14.7 Å². The summed E-state index contributed by atoms with van der Waals surface area (Å²) in [4.78, 5) is 28.9. The molecule has 3 N–H and O–H groups in total. The van der Waals surface area contributed by atoms with E-state index >= 15 is 0 Å². The van der Waals surface area contributed by atoms with Gasteiger partial charge in [-0.2, -0.15) is 0 Å². The maximum absolute atomic E-state index is 10.9. The van der Waals surface area contributed by atoms with E-state index in [1.54, 1.807) is 6.26 Å². The van der Waals surface area contributed by atoms with Gasteiger partial charge in [0, 0.05) is 12.1 Å². The SMILES string of the molecule is CSc1ncc(C#CC(N)=O)c(C(=O)O)n1. The molecule has 1 rings (SSSR count). The lowest BCUT2D eigenvalue weighted by molar-refractivity contribution is -0.112. The highest BCUT2D eigenvalue weighted by Crippen LogP contribution is 2.11. The molecule has 0 unspecified atom stereocenters. The van der Waals surface area contributed by atoms with Gasteiger partial charge in [-0.05, 0) is 6.26 Å². The fraction of sp³-hybridized carbons (Fsp3) is 0.111. The Morgan fingerprint density at radius 2 is 2.25 bits per heavy atom. The summed E-state index contributed by atoms with van der Waals surface area (Å²) >= 11 is 1.21. The summed E-state index contributed by atoms with van der Waals surface area (Å²) in [7, 11) is 0. The average Bonchev–Trinajstić information content (AvgIpc) is 2.25. The van der Waals surface area contributed by atoms with Gasteiger partial charge in [-0.15, -0.1) is 0 Å². The van der Waals surface area contributed by atoms with Crippen molar-refractivity contribution >= 4 is 23.6 Å². The zero-order valence-electron chi connectivity index (χ0n) is 8.22. The van der Waals surface area contributed by atoms with E-state index in [-0.39, 0.29) is 11.3 Å². The number of hydrogen-bond donors (Lipinski definition) is 2. The van der Waals surface area contributed by atoms with Crippen LogP contribution in [0.1, 0.15) is 16.1 Å². The number of carbonyl (C=O) groups excluding carboxylic acids is 1. The van der Waals surface area contributed by atoms with Gasteiger partial charge < -0.3 is 10.8 Å². The van der Waals surface area contributed by atoms with Crippen LogP contribution < -0.4 is 5.73 Å². The molecule has 16 heavy (non-hydrogen) atoms. The third-order valence-corrected chi connectivity index (χ3v) is 2.03. The van der Waals surface area contributed by atoms with Crippen LogP contribution >= 0.6 is 11.8 Å². The van der Waals surface area contributed by atoms with Crippen LogP contribution in [0.3, 0.4) is 0 Å². The minimum absolute atomic E-state index is 0.0594. The van der Waals surface area contributed by atoms with E-state index in [2.05, 4.69) is 15.9 Å². The summed E-state index contributed by atoms with van der Waals surface area (Å²) in [5.41, 5.74) is 4.63. The highest BCUT2D eigenvalue weighted by atomic mass is 32.2. The van der Waals surface area contributed by atoms with Gasteiger partial charge >= 0.3 is 5.97 Å². The van der Waals surface area contributed by atoms with Crippen molar-refractivity contribution in [1.82, 2.24) is 9.97 Å². The number of carbonyl (C=O) groups is 2. The second kappa shape index (κ2) is 5.14. The van der Waals surface area contributed by atoms with Crippen molar-refractivity contribution in [3.63, 3.8) is 0 Å². The lowest BCUT2D eigenvalue weighted by Crippen LogP contribution is -2.08. The van der Waals surface area contributed by atoms with E-state index in [4.69, 9.17) is 10.8 Å². The molecule has 0 saturated heterocycles. The molecule has 1 aromatic rings. The predicted octanol–water partition coefficient (Wildman–Crippen LogP) is -0.267. The molecule has 0 spiro atoms. The van der Waals surface area contributed by atoms with E-state index in [1.165, 1.54) is 18.0 Å². The number of rotatable bonds is 2. The fourth-order valence-corrected chi connectivity index (χ4v) is 1.19. The van der Waals surface area contributed by atoms with Gasteiger partial charge in [0.1, 0.15) is 0 Å². The molecular formula is C9H7N3O3S. The molecule has 1 aromatic heterocycles. The van der Waals surface area contributed by atoms with Crippen LogP contribution in [0.25, 0.3) is 0 Å². The molecule has 0 aromatic carbocycles. The first kappa shape index (κ1) is 12.0. The molecule has 1 heterocycles. The first-order valence-corrected chi connectivity index (χ1v) is 5.23. The van der Waals surface area contributed by atoms with Gasteiger partial charge in [-0.3, -0.25) is 4.79 Å². The Morgan fingerprint density at radius 3 is 2.75 bits per heavy atom. The normalized spacial score (nSPS) is 9.06. The number of amides is 1. The van der Waals surface area contributed by atoms with Crippen molar-refractivity contribution in [2.75, 3.05) is 6.26 Å². The van der Waals surface area contributed by atoms with Crippen molar-refractivity contribution in [2.45, 2.75) is 5.16 Å². The molecule has 0 aliphatic rings. The Labute approximate surface area is 95.3 Å². The third-order valence-electron chi connectivity index (χ3n) is 1.47. The van der Waals surface area contributed by atoms with E-state index < -0.39 is 11.9 Å². The number of aromatic nitrogens is 2. The number of nitrogens with zero attached hydrogens (tertiary/aromatic N) is 2. The summed E-state index contributed by atoms with van der Waals surface area (Å²) in [5.74, 6) is 2.27. The number of thioether (sulfide) groups is 1. The largest absolute Gasteiger partial charge is 0.476 e. The minimum Gasteiger partial charge on any atom is -0.476 e. The molecule has 0 atom stereocenters. The van der Waals surface area contributed by atoms with Gasteiger partial charge in [0.15, 0.2) is 10.9 Å². The lowest BCUT2D eigenvalue weighted by Gasteiger charge is -1.99. The Balaban J connectivity index is 3.25. The predicted molar refractivity (Wildman–Crippen MR) is 56.8 cm³/mol. The number of primary amides is 1. The fourth-order valence-electron chi connectivity index (χ4n) is 0.847. The van der Waals surface area contributed by atoms with E-state index in [1.807, 2.05) is 5.92 Å². The number of carboxylic acid groups (broad SMARTS) is 1. The smallest absolute Gasteiger partial charge is 0.355 e. The molecule has 0 aliphatic carbocycles. The Kier molecular flexibility index (Phi) is 3.85. The molecule has 1 amide bonds. The molecule has 82 valence electrons. The number of carboxylic acids is 1. The van der Waals surface area contributed by atoms with Gasteiger partial charge in [-0.1, -0.05) is 17.7 Å². The van der Waals surface area contributed by atoms with Crippen LogP contribution in [0, 0.1) is 11.8 Å². The molecule has 0 fully saturated rings. The standard InChI is InChI=1S/C9H7N3O3S/c1-16-9-11-4-5(2-3-6(10)13)7(12-9)8(14)15/h4H,1H3,(H2,10,13)(H,14,15). The Bertz CT molecular complexity index is 504. The van der Waals surface area contributed by atoms with Crippen molar-refractivity contribution in [3.8, 4) is 11.8 Å². The molecule has 0 radical (unpaired) electrons. The minimum atomic E-state index is -1.23. The van der Waals surface area contributed by atoms with E-state index in [0.717, 1.165) is 0 Å². The maximum atomic E-state index is 10.9. The van der Waals surface area contributed by atoms with Crippen LogP contribution in [0.4, 0.5) is 0 Å². The molecule has 0 aliphatic heterocycles. The lowest BCUT2D eigenvalue weighted by atomic mass is 10.2. The van der Waals surface area contributed by atoms with Gasteiger partial charge in [0.2, 0.25) is 0 Å². The molecule has 0 saturated carbocycles. The van der Waals surface area contributed by atoms with Crippen LogP contribution in [-0.4, -0.2) is 33.2 Å². The quantitative estimate of drug-likeness (QED) is 0.417. The van der Waals surface area contributed by atoms with E-state index in [9.17, 15) is 9.59 Å². The Morgan fingerprint density at radius 1 is 1.56 bits per heavy atom. The molecule has 7 heteroatoms. The van der Waals surface area contributed by atoms with Gasteiger partial charge in [0.05, 0.1) is 5.56 Å². The second-order valence-electron chi connectivity index (χ2n) is 2.54. The topological polar surface area (TPSA) is 106 Å². The third kappa shape index (κ3) is 2.96. The Hall–Kier alpha value is -2.07. The molecule has 6 nitrogen and oxygen atoms in total. The monoisotopic (exact) mass is 237 g/mol. The van der Waals surface area contributed by atoms with Crippen molar-refractivity contribution in [1.29, 1.82) is 0 Å². The maximum Gasteiger partial charge on any atom is 0.355 e. The average molecular weight is 237 g/mol. The van der Waals surface area contributed by atoms with Gasteiger partial charge in [-0.25, -0.2) is 14.8 Å². The summed E-state index contributed by atoms with van der Waals surface area (Å²) < 4.78 is 0. The summed E-state index contributed by atoms with van der Waals surface area (Å²) in [6.45, 7) is 0. The highest BCUT2D eigenvalue weighted by molar-refractivity contribution is 7.98. The second-order valence-corrected chi connectivity index (χ2v) is 3.31. The van der Waals surface area contributed by atoms with Crippen molar-refractivity contribution in [2.24, 2.45) is 5.73 Å². The zero-order chi connectivity index (χ0) is 12.1. The van der Waals surface area contributed by atoms with E-state index in [0.29, 0.717) is 5.16 Å². The van der Waals surface area contributed by atoms with Crippen LogP contribution in [0.5, 0.6) is 0 Å². The molecular weight excluding hydrogens is 230 g/mol. The van der Waals surface area contributed by atoms with Crippen LogP contribution in [0.2, 0.25) is 0 Å². The summed E-state index contributed by atoms with van der Waals surface area (Å²) in [6.07, 6.45) is 2.97. The number of nitrogens with two attached hydrogens (primary N) is 1. The zero-order valence-corrected chi connectivity index (χ0v) is 9.04. The molecule has 0 bridgehead atoms. The summed E-state index contributed by atoms with van der Waals surface area (Å²) in [5, 5.41) is 9.19. The van der Waals surface area contributed by atoms with Crippen molar-refractivity contribution in [3.05, 3.63) is 17.5 Å². The van der Waals surface area contributed by atoms with Crippen LogP contribution in [0.15, 0.2) is 11.4 Å². The number of hydrogen-bond acceptors (Lipinski definition) is 5. The first-order valence-electron chi connectivity index (χ1n) is 4.00. The highest BCUT2D eigenvalue weighted by Gasteiger charge is 2.12. The van der Waals surface area contributed by atoms with Crippen LogP contribution in [-0.2, 0) is 4.79 Å². The first-order chi connectivity index (χ1) is 7.54. The number of aromatic carboxylic acids is 1. The summed E-state index contributed by atoms with van der Waals surface area (Å²) in [6, 6.07) is 0.